The van der Waals surface area contributed by atoms with Gasteiger partial charge in [0.25, 0.3) is 0 Å². The van der Waals surface area contributed by atoms with E-state index in [0.29, 0.717) is 44.2 Å². The Morgan fingerprint density at radius 1 is 1.14 bits per heavy atom. The zero-order valence-corrected chi connectivity index (χ0v) is 16.6. The van der Waals surface area contributed by atoms with Gasteiger partial charge < -0.3 is 14.8 Å². The SMILES string of the molecule is CCOc1ccccc1NCC(=O)c1cccc(S(=O)(=O)N2CCOCC2)c1. The fourth-order valence-electron chi connectivity index (χ4n) is 2.94. The van der Waals surface area contributed by atoms with E-state index in [1.54, 1.807) is 12.1 Å². The Kier molecular flexibility index (Phi) is 6.66. The highest BCUT2D eigenvalue weighted by Crippen LogP contribution is 2.24. The van der Waals surface area contributed by atoms with E-state index in [0.717, 1.165) is 5.69 Å². The normalized spacial score (nSPS) is 15.2. The molecule has 2 aromatic carbocycles. The summed E-state index contributed by atoms with van der Waals surface area (Å²) in [5.74, 6) is 0.465. The van der Waals surface area contributed by atoms with E-state index in [-0.39, 0.29) is 17.2 Å². The highest BCUT2D eigenvalue weighted by Gasteiger charge is 2.26. The molecule has 0 atom stereocenters. The molecule has 0 radical (unpaired) electrons. The molecule has 0 saturated carbocycles. The van der Waals surface area contributed by atoms with Gasteiger partial charge in [-0.25, -0.2) is 8.42 Å². The lowest BCUT2D eigenvalue weighted by molar-refractivity contribution is 0.0730. The van der Waals surface area contributed by atoms with Crippen LogP contribution in [-0.4, -0.2) is 58.0 Å². The summed E-state index contributed by atoms with van der Waals surface area (Å²) < 4.78 is 37.7. The third-order valence-corrected chi connectivity index (χ3v) is 6.28. The van der Waals surface area contributed by atoms with Crippen LogP contribution in [-0.2, 0) is 14.8 Å². The summed E-state index contributed by atoms with van der Waals surface area (Å²) in [5, 5.41) is 3.07. The average Bonchev–Trinajstić information content (AvgIpc) is 2.74. The second-order valence-corrected chi connectivity index (χ2v) is 8.19. The van der Waals surface area contributed by atoms with Crippen LogP contribution in [0.5, 0.6) is 5.75 Å². The largest absolute Gasteiger partial charge is 0.492 e. The molecule has 1 aliphatic rings. The van der Waals surface area contributed by atoms with Crippen molar-refractivity contribution in [3.05, 3.63) is 54.1 Å². The van der Waals surface area contributed by atoms with Crippen molar-refractivity contribution in [2.45, 2.75) is 11.8 Å². The third-order valence-electron chi connectivity index (χ3n) is 4.39. The zero-order valence-electron chi connectivity index (χ0n) is 15.8. The lowest BCUT2D eigenvalue weighted by atomic mass is 10.1. The molecule has 7 nitrogen and oxygen atoms in total. The maximum Gasteiger partial charge on any atom is 0.243 e. The van der Waals surface area contributed by atoms with E-state index in [4.69, 9.17) is 9.47 Å². The number of hydrogen-bond acceptors (Lipinski definition) is 6. The quantitative estimate of drug-likeness (QED) is 0.680. The van der Waals surface area contributed by atoms with Crippen molar-refractivity contribution in [2.24, 2.45) is 0 Å². The number of para-hydroxylation sites is 2. The van der Waals surface area contributed by atoms with E-state index in [2.05, 4.69) is 5.32 Å². The fraction of sp³-hybridized carbons (Fsp3) is 0.350. The van der Waals surface area contributed by atoms with Crippen LogP contribution in [0.3, 0.4) is 0 Å². The molecule has 1 N–H and O–H groups in total. The Bertz CT molecular complexity index is 924. The van der Waals surface area contributed by atoms with Gasteiger partial charge in [-0.3, -0.25) is 4.79 Å². The number of Topliss-reactive ketones (excluding diaryl/α,β-unsaturated/α-hetero) is 1. The number of carbonyl (C=O) groups excluding carboxylic acids is 1. The van der Waals surface area contributed by atoms with E-state index in [1.165, 1.54) is 16.4 Å². The van der Waals surface area contributed by atoms with Gasteiger partial charge >= 0.3 is 0 Å². The molecule has 1 saturated heterocycles. The van der Waals surface area contributed by atoms with Crippen LogP contribution in [0.2, 0.25) is 0 Å². The number of hydrogen-bond donors (Lipinski definition) is 1. The lowest BCUT2D eigenvalue weighted by Crippen LogP contribution is -2.40. The van der Waals surface area contributed by atoms with E-state index >= 15 is 0 Å². The van der Waals surface area contributed by atoms with Gasteiger partial charge in [-0.1, -0.05) is 24.3 Å². The van der Waals surface area contributed by atoms with Crippen LogP contribution >= 0.6 is 0 Å². The summed E-state index contributed by atoms with van der Waals surface area (Å²) in [6.45, 7) is 3.83. The molecule has 1 heterocycles. The molecular formula is C20H24N2O5S. The first kappa shape index (κ1) is 20.3. The molecule has 8 heteroatoms. The van der Waals surface area contributed by atoms with E-state index in [1.807, 2.05) is 31.2 Å². The van der Waals surface area contributed by atoms with Crippen LogP contribution < -0.4 is 10.1 Å². The Morgan fingerprint density at radius 3 is 2.64 bits per heavy atom. The molecule has 0 aromatic heterocycles. The van der Waals surface area contributed by atoms with Crippen molar-refractivity contribution in [2.75, 3.05) is 44.8 Å². The minimum atomic E-state index is -3.64. The number of sulfonamides is 1. The Hall–Kier alpha value is -2.42. The Morgan fingerprint density at radius 2 is 1.89 bits per heavy atom. The molecule has 0 bridgehead atoms. The second kappa shape index (κ2) is 9.18. The first-order valence-electron chi connectivity index (χ1n) is 9.19. The number of nitrogens with zero attached hydrogens (tertiary/aromatic N) is 1. The molecule has 0 unspecified atom stereocenters. The number of rotatable bonds is 8. The average molecular weight is 404 g/mol. The second-order valence-electron chi connectivity index (χ2n) is 6.25. The van der Waals surface area contributed by atoms with Gasteiger partial charge in [0.15, 0.2) is 5.78 Å². The van der Waals surface area contributed by atoms with E-state index in [9.17, 15) is 13.2 Å². The lowest BCUT2D eigenvalue weighted by Gasteiger charge is -2.26. The molecule has 3 rings (SSSR count). The van der Waals surface area contributed by atoms with Crippen LogP contribution in [0, 0.1) is 0 Å². The maximum atomic E-state index is 12.8. The van der Waals surface area contributed by atoms with Crippen molar-refractivity contribution in [1.82, 2.24) is 4.31 Å². The summed E-state index contributed by atoms with van der Waals surface area (Å²) in [5.41, 5.74) is 1.06. The van der Waals surface area contributed by atoms with Crippen molar-refractivity contribution in [1.29, 1.82) is 0 Å². The number of ether oxygens (including phenoxy) is 2. The number of benzene rings is 2. The molecule has 0 amide bonds. The molecule has 0 spiro atoms. The molecule has 0 aliphatic carbocycles. The molecule has 150 valence electrons. The fourth-order valence-corrected chi connectivity index (χ4v) is 4.39. The zero-order chi connectivity index (χ0) is 20.0. The van der Waals surface area contributed by atoms with Gasteiger partial charge in [-0.15, -0.1) is 0 Å². The number of anilines is 1. The van der Waals surface area contributed by atoms with Gasteiger partial charge in [-0.05, 0) is 31.2 Å². The first-order chi connectivity index (χ1) is 13.5. The molecule has 2 aromatic rings. The minimum absolute atomic E-state index is 0.0329. The molecule has 28 heavy (non-hydrogen) atoms. The van der Waals surface area contributed by atoms with Gasteiger partial charge in [0.2, 0.25) is 10.0 Å². The van der Waals surface area contributed by atoms with Crippen LogP contribution in [0.15, 0.2) is 53.4 Å². The third kappa shape index (κ3) is 4.70. The van der Waals surface area contributed by atoms with Gasteiger partial charge in [-0.2, -0.15) is 4.31 Å². The van der Waals surface area contributed by atoms with Crippen LogP contribution in [0.25, 0.3) is 0 Å². The van der Waals surface area contributed by atoms with Gasteiger partial charge in [0.1, 0.15) is 5.75 Å². The monoisotopic (exact) mass is 404 g/mol. The number of carbonyl (C=O) groups is 1. The van der Waals surface area contributed by atoms with Gasteiger partial charge in [0.05, 0.1) is 36.9 Å². The predicted octanol–water partition coefficient (Wildman–Crippen LogP) is 2.40. The van der Waals surface area contributed by atoms with Crippen molar-refractivity contribution in [3.8, 4) is 5.75 Å². The summed E-state index contributed by atoms with van der Waals surface area (Å²) >= 11 is 0. The molecule has 1 aliphatic heterocycles. The maximum absolute atomic E-state index is 12.8. The van der Waals surface area contributed by atoms with Crippen molar-refractivity contribution >= 4 is 21.5 Å². The first-order valence-corrected chi connectivity index (χ1v) is 10.6. The summed E-state index contributed by atoms with van der Waals surface area (Å²) in [7, 11) is -3.64. The summed E-state index contributed by atoms with van der Waals surface area (Å²) in [6.07, 6.45) is 0. The number of nitrogens with one attached hydrogen (secondary N) is 1. The minimum Gasteiger partial charge on any atom is -0.492 e. The highest BCUT2D eigenvalue weighted by molar-refractivity contribution is 7.89. The Balaban J connectivity index is 1.72. The van der Waals surface area contributed by atoms with Crippen LogP contribution in [0.4, 0.5) is 5.69 Å². The van der Waals surface area contributed by atoms with Gasteiger partial charge in [0, 0.05) is 18.7 Å². The highest BCUT2D eigenvalue weighted by atomic mass is 32.2. The topological polar surface area (TPSA) is 84.9 Å². The van der Waals surface area contributed by atoms with Crippen molar-refractivity contribution < 1.29 is 22.7 Å². The van der Waals surface area contributed by atoms with Crippen molar-refractivity contribution in [3.63, 3.8) is 0 Å². The molecular weight excluding hydrogens is 380 g/mol. The van der Waals surface area contributed by atoms with E-state index < -0.39 is 10.0 Å². The smallest absolute Gasteiger partial charge is 0.243 e. The number of ketones is 1. The Labute approximate surface area is 165 Å². The predicted molar refractivity (Wildman–Crippen MR) is 106 cm³/mol. The number of morpholine rings is 1. The summed E-state index contributed by atoms with van der Waals surface area (Å²) in [4.78, 5) is 12.7. The van der Waals surface area contributed by atoms with Crippen LogP contribution in [0.1, 0.15) is 17.3 Å². The summed E-state index contributed by atoms with van der Waals surface area (Å²) in [6, 6.07) is 13.5. The standard InChI is InChI=1S/C20H24N2O5S/c1-2-27-20-9-4-3-8-18(20)21-15-19(23)16-6-5-7-17(14-16)28(24,25)22-10-12-26-13-11-22/h3-9,14,21H,2,10-13,15H2,1H3. The molecule has 1 fully saturated rings.